The molecule has 2 aromatic rings. The first-order valence-electron chi connectivity index (χ1n) is 6.74. The predicted octanol–water partition coefficient (Wildman–Crippen LogP) is 3.95. The molecular formula is C15H11Br2N3O4S. The standard InChI is InChI=1S/C15H11Br2N3O4S/c16-9-2-3-11(10(17)6-9)19-14(21)7-25-13-4-1-8(15(18)22)5-12(13)20(23)24/h1-6H,7H2,(H2,18,22)(H,19,21). The lowest BCUT2D eigenvalue weighted by Gasteiger charge is -2.08. The highest BCUT2D eigenvalue weighted by atomic mass is 79.9. The van der Waals surface area contributed by atoms with Gasteiger partial charge in [-0.2, -0.15) is 0 Å². The first kappa shape index (κ1) is 19.4. The van der Waals surface area contributed by atoms with Crippen molar-refractivity contribution in [3.8, 4) is 0 Å². The molecule has 0 spiro atoms. The topological polar surface area (TPSA) is 115 Å². The van der Waals surface area contributed by atoms with E-state index in [1.807, 2.05) is 0 Å². The van der Waals surface area contributed by atoms with E-state index in [2.05, 4.69) is 37.2 Å². The van der Waals surface area contributed by atoms with Crippen LogP contribution in [0.5, 0.6) is 0 Å². The minimum atomic E-state index is -0.752. The summed E-state index contributed by atoms with van der Waals surface area (Å²) < 4.78 is 1.56. The summed E-state index contributed by atoms with van der Waals surface area (Å²) in [6.07, 6.45) is 0. The second-order valence-corrected chi connectivity index (χ2v) is 7.55. The predicted molar refractivity (Wildman–Crippen MR) is 103 cm³/mol. The Bertz CT molecular complexity index is 861. The van der Waals surface area contributed by atoms with E-state index in [9.17, 15) is 19.7 Å². The van der Waals surface area contributed by atoms with Gasteiger partial charge in [0.05, 0.1) is 21.3 Å². The molecule has 25 heavy (non-hydrogen) atoms. The number of benzene rings is 2. The van der Waals surface area contributed by atoms with Crippen molar-refractivity contribution in [1.29, 1.82) is 0 Å². The number of nitrogens with two attached hydrogens (primary N) is 1. The first-order chi connectivity index (χ1) is 11.8. The number of carbonyl (C=O) groups is 2. The third-order valence-electron chi connectivity index (χ3n) is 3.00. The summed E-state index contributed by atoms with van der Waals surface area (Å²) in [5.74, 6) is -1.10. The zero-order valence-electron chi connectivity index (χ0n) is 12.5. The summed E-state index contributed by atoms with van der Waals surface area (Å²) in [6.45, 7) is 0. The van der Waals surface area contributed by atoms with Crippen LogP contribution in [-0.4, -0.2) is 22.5 Å². The average molecular weight is 489 g/mol. The van der Waals surface area contributed by atoms with Gasteiger partial charge in [-0.25, -0.2) is 0 Å². The Balaban J connectivity index is 2.08. The maximum absolute atomic E-state index is 12.1. The fourth-order valence-corrected chi connectivity index (χ4v) is 3.81. The van der Waals surface area contributed by atoms with E-state index in [0.29, 0.717) is 10.2 Å². The number of hydrogen-bond acceptors (Lipinski definition) is 5. The van der Waals surface area contributed by atoms with E-state index in [-0.39, 0.29) is 27.8 Å². The number of amides is 2. The molecular weight excluding hydrogens is 478 g/mol. The Kier molecular flexibility index (Phi) is 6.57. The molecule has 10 heteroatoms. The summed E-state index contributed by atoms with van der Waals surface area (Å²) in [7, 11) is 0. The van der Waals surface area contributed by atoms with Crippen LogP contribution in [0.15, 0.2) is 50.2 Å². The molecule has 3 N–H and O–H groups in total. The van der Waals surface area contributed by atoms with Gasteiger partial charge in [0.25, 0.3) is 5.69 Å². The summed E-state index contributed by atoms with van der Waals surface area (Å²) in [4.78, 5) is 34.0. The Morgan fingerprint density at radius 1 is 1.20 bits per heavy atom. The molecule has 0 fully saturated rings. The van der Waals surface area contributed by atoms with Crippen LogP contribution in [0.1, 0.15) is 10.4 Å². The molecule has 130 valence electrons. The van der Waals surface area contributed by atoms with Crippen molar-refractivity contribution in [3.05, 3.63) is 61.0 Å². The van der Waals surface area contributed by atoms with Gasteiger partial charge in [0.2, 0.25) is 11.8 Å². The average Bonchev–Trinajstić information content (AvgIpc) is 2.55. The van der Waals surface area contributed by atoms with Crippen molar-refractivity contribution in [3.63, 3.8) is 0 Å². The highest BCUT2D eigenvalue weighted by Crippen LogP contribution is 2.31. The summed E-state index contributed by atoms with van der Waals surface area (Å²) in [5.41, 5.74) is 5.49. The van der Waals surface area contributed by atoms with Gasteiger partial charge in [0.1, 0.15) is 0 Å². The maximum atomic E-state index is 12.1. The number of nitro groups is 1. The third kappa shape index (κ3) is 5.28. The lowest BCUT2D eigenvalue weighted by molar-refractivity contribution is -0.387. The minimum absolute atomic E-state index is 0.0285. The second kappa shape index (κ2) is 8.45. The molecule has 0 bridgehead atoms. The largest absolute Gasteiger partial charge is 0.366 e. The smallest absolute Gasteiger partial charge is 0.283 e. The van der Waals surface area contributed by atoms with Crippen molar-refractivity contribution in [2.24, 2.45) is 5.73 Å². The van der Waals surface area contributed by atoms with Crippen LogP contribution < -0.4 is 11.1 Å². The molecule has 0 atom stereocenters. The Morgan fingerprint density at radius 3 is 2.52 bits per heavy atom. The van der Waals surface area contributed by atoms with Gasteiger partial charge in [-0.1, -0.05) is 15.9 Å². The summed E-state index contributed by atoms with van der Waals surface area (Å²) >= 11 is 7.66. The lowest BCUT2D eigenvalue weighted by Crippen LogP contribution is -2.14. The number of nitro benzene ring substituents is 1. The zero-order chi connectivity index (χ0) is 18.6. The van der Waals surface area contributed by atoms with Gasteiger partial charge >= 0.3 is 0 Å². The molecule has 2 amide bonds. The van der Waals surface area contributed by atoms with Crippen LogP contribution in [0.4, 0.5) is 11.4 Å². The van der Waals surface area contributed by atoms with E-state index >= 15 is 0 Å². The molecule has 0 aliphatic heterocycles. The van der Waals surface area contributed by atoms with E-state index in [0.717, 1.165) is 22.3 Å². The SMILES string of the molecule is NC(=O)c1ccc(SCC(=O)Nc2ccc(Br)cc2Br)c([N+](=O)[O-])c1. The normalized spacial score (nSPS) is 10.3. The summed E-state index contributed by atoms with van der Waals surface area (Å²) in [5, 5.41) is 13.9. The van der Waals surface area contributed by atoms with E-state index in [1.165, 1.54) is 12.1 Å². The zero-order valence-corrected chi connectivity index (χ0v) is 16.5. The van der Waals surface area contributed by atoms with Gasteiger partial charge < -0.3 is 11.1 Å². The number of rotatable bonds is 6. The van der Waals surface area contributed by atoms with Crippen LogP contribution in [0.25, 0.3) is 0 Å². The monoisotopic (exact) mass is 487 g/mol. The number of primary amides is 1. The molecule has 0 unspecified atom stereocenters. The van der Waals surface area contributed by atoms with Crippen molar-refractivity contribution in [1.82, 2.24) is 0 Å². The number of anilines is 1. The fourth-order valence-electron chi connectivity index (χ4n) is 1.86. The summed E-state index contributed by atoms with van der Waals surface area (Å²) in [6, 6.07) is 9.19. The van der Waals surface area contributed by atoms with Crippen LogP contribution in [-0.2, 0) is 4.79 Å². The molecule has 0 aliphatic rings. The number of halogens is 2. The molecule has 7 nitrogen and oxygen atoms in total. The number of carbonyl (C=O) groups excluding carboxylic acids is 2. The van der Waals surface area contributed by atoms with Gasteiger partial charge in [-0.05, 0) is 46.3 Å². The minimum Gasteiger partial charge on any atom is -0.366 e. The van der Waals surface area contributed by atoms with Crippen molar-refractivity contribution in [2.75, 3.05) is 11.1 Å². The van der Waals surface area contributed by atoms with Crippen LogP contribution in [0, 0.1) is 10.1 Å². The molecule has 2 rings (SSSR count). The Morgan fingerprint density at radius 2 is 1.92 bits per heavy atom. The number of nitrogens with zero attached hydrogens (tertiary/aromatic N) is 1. The van der Waals surface area contributed by atoms with Gasteiger partial charge in [-0.3, -0.25) is 19.7 Å². The molecule has 0 heterocycles. The Hall–Kier alpha value is -1.91. The van der Waals surface area contributed by atoms with Crippen LogP contribution >= 0.6 is 43.6 Å². The molecule has 0 aliphatic carbocycles. The number of hydrogen-bond donors (Lipinski definition) is 2. The lowest BCUT2D eigenvalue weighted by atomic mass is 10.2. The van der Waals surface area contributed by atoms with Crippen LogP contribution in [0.2, 0.25) is 0 Å². The second-order valence-electron chi connectivity index (χ2n) is 4.76. The van der Waals surface area contributed by atoms with Crippen LogP contribution in [0.3, 0.4) is 0 Å². The number of nitrogens with one attached hydrogen (secondary N) is 1. The highest BCUT2D eigenvalue weighted by molar-refractivity contribution is 9.11. The van der Waals surface area contributed by atoms with E-state index in [1.54, 1.807) is 18.2 Å². The quantitative estimate of drug-likeness (QED) is 0.363. The van der Waals surface area contributed by atoms with E-state index in [4.69, 9.17) is 5.73 Å². The molecule has 0 radical (unpaired) electrons. The van der Waals surface area contributed by atoms with Crippen molar-refractivity contribution >= 4 is 66.8 Å². The van der Waals surface area contributed by atoms with Gasteiger partial charge in [-0.15, -0.1) is 11.8 Å². The van der Waals surface area contributed by atoms with Crippen molar-refractivity contribution < 1.29 is 14.5 Å². The van der Waals surface area contributed by atoms with Gasteiger partial charge in [0, 0.05) is 20.6 Å². The van der Waals surface area contributed by atoms with Gasteiger partial charge in [0.15, 0.2) is 0 Å². The van der Waals surface area contributed by atoms with E-state index < -0.39 is 10.8 Å². The highest BCUT2D eigenvalue weighted by Gasteiger charge is 2.18. The molecule has 2 aromatic carbocycles. The molecule has 0 saturated carbocycles. The third-order valence-corrected chi connectivity index (χ3v) is 5.22. The maximum Gasteiger partial charge on any atom is 0.283 e. The number of thioether (sulfide) groups is 1. The molecule has 0 aromatic heterocycles. The van der Waals surface area contributed by atoms with Crippen molar-refractivity contribution in [2.45, 2.75) is 4.90 Å². The molecule has 0 saturated heterocycles. The first-order valence-corrected chi connectivity index (χ1v) is 9.31. The fraction of sp³-hybridized carbons (Fsp3) is 0.0667. The Labute approximate surface area is 163 Å².